The quantitative estimate of drug-likeness (QED) is 0.600. The summed E-state index contributed by atoms with van der Waals surface area (Å²) in [6.07, 6.45) is 1.09. The highest BCUT2D eigenvalue weighted by Gasteiger charge is 2.19. The number of nitrogens with one attached hydrogen (secondary N) is 2. The number of carbonyl (C=O) groups excluding carboxylic acids is 1. The second-order valence-corrected chi connectivity index (χ2v) is 7.58. The molecule has 1 aromatic carbocycles. The number of amides is 1. The standard InChI is InChI=1S/C15H23N3O5S/c1-4-6-13(15(20)21)16-10-14(19)17-11-7-5-8-12(9-11)24(22,23)18(2)3/h5,7-9,13,16H,4,6,10H2,1-3H3,(H,17,19)(H,20,21). The number of benzene rings is 1. The van der Waals surface area contributed by atoms with Crippen LogP contribution in [0, 0.1) is 0 Å². The lowest BCUT2D eigenvalue weighted by Crippen LogP contribution is -2.41. The number of rotatable bonds is 9. The molecule has 24 heavy (non-hydrogen) atoms. The van der Waals surface area contributed by atoms with E-state index in [-0.39, 0.29) is 11.4 Å². The highest BCUT2D eigenvalue weighted by Crippen LogP contribution is 2.17. The summed E-state index contributed by atoms with van der Waals surface area (Å²) in [5, 5.41) is 14.2. The van der Waals surface area contributed by atoms with E-state index >= 15 is 0 Å². The molecule has 0 bridgehead atoms. The lowest BCUT2D eigenvalue weighted by molar-refractivity contribution is -0.139. The van der Waals surface area contributed by atoms with Crippen molar-refractivity contribution in [2.24, 2.45) is 0 Å². The van der Waals surface area contributed by atoms with Gasteiger partial charge in [0, 0.05) is 19.8 Å². The first kappa shape index (κ1) is 20.1. The third-order valence-electron chi connectivity index (χ3n) is 3.28. The number of carboxylic acid groups (broad SMARTS) is 1. The molecule has 9 heteroatoms. The molecule has 0 aliphatic rings. The van der Waals surface area contributed by atoms with Crippen molar-refractivity contribution in [3.8, 4) is 0 Å². The van der Waals surface area contributed by atoms with Gasteiger partial charge in [-0.3, -0.25) is 14.9 Å². The number of carboxylic acids is 1. The van der Waals surface area contributed by atoms with Crippen molar-refractivity contribution in [1.29, 1.82) is 0 Å². The average Bonchev–Trinajstić information content (AvgIpc) is 2.51. The molecule has 134 valence electrons. The first-order valence-corrected chi connectivity index (χ1v) is 8.91. The highest BCUT2D eigenvalue weighted by atomic mass is 32.2. The van der Waals surface area contributed by atoms with Gasteiger partial charge in [-0.2, -0.15) is 0 Å². The molecule has 1 unspecified atom stereocenters. The maximum Gasteiger partial charge on any atom is 0.320 e. The lowest BCUT2D eigenvalue weighted by Gasteiger charge is -2.14. The molecule has 0 saturated carbocycles. The molecule has 1 rings (SSSR count). The maximum atomic E-state index is 12.1. The molecule has 8 nitrogen and oxygen atoms in total. The third kappa shape index (κ3) is 5.59. The van der Waals surface area contributed by atoms with Gasteiger partial charge in [-0.15, -0.1) is 0 Å². The van der Waals surface area contributed by atoms with Gasteiger partial charge in [-0.05, 0) is 24.6 Å². The van der Waals surface area contributed by atoms with Crippen molar-refractivity contribution in [3.05, 3.63) is 24.3 Å². The molecule has 0 spiro atoms. The van der Waals surface area contributed by atoms with E-state index in [9.17, 15) is 18.0 Å². The number of hydrogen-bond acceptors (Lipinski definition) is 5. The van der Waals surface area contributed by atoms with Crippen LogP contribution in [0.5, 0.6) is 0 Å². The Kier molecular flexibility index (Phi) is 7.33. The van der Waals surface area contributed by atoms with Crippen LogP contribution in [-0.2, 0) is 19.6 Å². The van der Waals surface area contributed by atoms with Crippen LogP contribution < -0.4 is 10.6 Å². The summed E-state index contributed by atoms with van der Waals surface area (Å²) in [7, 11) is -0.749. The number of aliphatic carboxylic acids is 1. The van der Waals surface area contributed by atoms with E-state index in [1.54, 1.807) is 6.07 Å². The van der Waals surface area contributed by atoms with Crippen molar-refractivity contribution in [3.63, 3.8) is 0 Å². The number of carbonyl (C=O) groups is 2. The van der Waals surface area contributed by atoms with E-state index < -0.39 is 27.9 Å². The highest BCUT2D eigenvalue weighted by molar-refractivity contribution is 7.89. The molecule has 0 aliphatic heterocycles. The molecule has 1 amide bonds. The zero-order valence-corrected chi connectivity index (χ0v) is 14.8. The fourth-order valence-corrected chi connectivity index (χ4v) is 2.92. The number of hydrogen-bond donors (Lipinski definition) is 3. The third-order valence-corrected chi connectivity index (χ3v) is 5.09. The summed E-state index contributed by atoms with van der Waals surface area (Å²) in [6, 6.07) is 5.09. The van der Waals surface area contributed by atoms with Gasteiger partial charge >= 0.3 is 5.97 Å². The summed E-state index contributed by atoms with van der Waals surface area (Å²) in [6.45, 7) is 1.68. The van der Waals surface area contributed by atoms with Crippen LogP contribution in [0.1, 0.15) is 19.8 Å². The van der Waals surface area contributed by atoms with Gasteiger partial charge in [-0.1, -0.05) is 19.4 Å². The molecule has 0 fully saturated rings. The van der Waals surface area contributed by atoms with Gasteiger partial charge in [0.15, 0.2) is 0 Å². The summed E-state index contributed by atoms with van der Waals surface area (Å²) in [5.74, 6) is -1.46. The second kappa shape index (κ2) is 8.76. The van der Waals surface area contributed by atoms with Gasteiger partial charge in [0.1, 0.15) is 6.04 Å². The van der Waals surface area contributed by atoms with E-state index in [2.05, 4.69) is 10.6 Å². The molecule has 0 aromatic heterocycles. The summed E-state index contributed by atoms with van der Waals surface area (Å²) in [4.78, 5) is 23.0. The first-order valence-electron chi connectivity index (χ1n) is 7.47. The Labute approximate surface area is 141 Å². The Balaban J connectivity index is 2.73. The molecule has 0 heterocycles. The maximum absolute atomic E-state index is 12.1. The lowest BCUT2D eigenvalue weighted by atomic mass is 10.2. The minimum Gasteiger partial charge on any atom is -0.480 e. The van der Waals surface area contributed by atoms with E-state index in [1.165, 1.54) is 32.3 Å². The van der Waals surface area contributed by atoms with Crippen LogP contribution in [0.3, 0.4) is 0 Å². The van der Waals surface area contributed by atoms with E-state index in [4.69, 9.17) is 5.11 Å². The summed E-state index contributed by atoms with van der Waals surface area (Å²) < 4.78 is 25.2. The number of nitrogens with zero attached hydrogens (tertiary/aromatic N) is 1. The molecule has 0 aliphatic carbocycles. The molecular weight excluding hydrogens is 334 g/mol. The summed E-state index contributed by atoms with van der Waals surface area (Å²) >= 11 is 0. The Morgan fingerprint density at radius 3 is 2.50 bits per heavy atom. The fraction of sp³-hybridized carbons (Fsp3) is 0.467. The van der Waals surface area contributed by atoms with Crippen molar-refractivity contribution < 1.29 is 23.1 Å². The Morgan fingerprint density at radius 1 is 1.29 bits per heavy atom. The molecule has 3 N–H and O–H groups in total. The predicted molar refractivity (Wildman–Crippen MR) is 90.3 cm³/mol. The van der Waals surface area contributed by atoms with Gasteiger partial charge in [0.05, 0.1) is 11.4 Å². The number of sulfonamides is 1. The molecule has 1 atom stereocenters. The Morgan fingerprint density at radius 2 is 1.96 bits per heavy atom. The van der Waals surface area contributed by atoms with Crippen LogP contribution in [0.25, 0.3) is 0 Å². The molecule has 0 radical (unpaired) electrons. The Hall–Kier alpha value is -1.97. The van der Waals surface area contributed by atoms with Crippen LogP contribution in [0.4, 0.5) is 5.69 Å². The van der Waals surface area contributed by atoms with E-state index in [1.807, 2.05) is 6.92 Å². The largest absolute Gasteiger partial charge is 0.480 e. The fourth-order valence-electron chi connectivity index (χ4n) is 1.97. The van der Waals surface area contributed by atoms with Crippen molar-refractivity contribution in [2.45, 2.75) is 30.7 Å². The zero-order chi connectivity index (χ0) is 18.3. The van der Waals surface area contributed by atoms with Gasteiger partial charge in [0.2, 0.25) is 15.9 Å². The van der Waals surface area contributed by atoms with Crippen LogP contribution in [0.15, 0.2) is 29.2 Å². The van der Waals surface area contributed by atoms with Crippen molar-refractivity contribution in [2.75, 3.05) is 26.0 Å². The zero-order valence-electron chi connectivity index (χ0n) is 13.9. The second-order valence-electron chi connectivity index (χ2n) is 5.42. The topological polar surface area (TPSA) is 116 Å². The predicted octanol–water partition coefficient (Wildman–Crippen LogP) is 0.718. The summed E-state index contributed by atoms with van der Waals surface area (Å²) in [5.41, 5.74) is 0.326. The van der Waals surface area contributed by atoms with E-state index in [0.717, 1.165) is 4.31 Å². The van der Waals surface area contributed by atoms with Crippen LogP contribution >= 0.6 is 0 Å². The van der Waals surface area contributed by atoms with Crippen molar-refractivity contribution >= 4 is 27.6 Å². The number of anilines is 1. The normalized spacial score (nSPS) is 12.8. The van der Waals surface area contributed by atoms with Crippen LogP contribution in [-0.4, -0.2) is 56.4 Å². The molecule has 0 saturated heterocycles. The van der Waals surface area contributed by atoms with Gasteiger partial charge < -0.3 is 10.4 Å². The minimum absolute atomic E-state index is 0.0626. The minimum atomic E-state index is -3.59. The van der Waals surface area contributed by atoms with Gasteiger partial charge in [0.25, 0.3) is 0 Å². The van der Waals surface area contributed by atoms with Crippen molar-refractivity contribution in [1.82, 2.24) is 9.62 Å². The smallest absolute Gasteiger partial charge is 0.320 e. The average molecular weight is 357 g/mol. The Bertz CT molecular complexity index is 688. The molecular formula is C15H23N3O5S. The SMILES string of the molecule is CCCC(NCC(=O)Nc1cccc(S(=O)(=O)N(C)C)c1)C(=O)O. The first-order chi connectivity index (χ1) is 11.2. The van der Waals surface area contributed by atoms with E-state index in [0.29, 0.717) is 18.5 Å². The van der Waals surface area contributed by atoms with Crippen LogP contribution in [0.2, 0.25) is 0 Å². The molecule has 1 aromatic rings. The van der Waals surface area contributed by atoms with Gasteiger partial charge in [-0.25, -0.2) is 12.7 Å². The monoisotopic (exact) mass is 357 g/mol.